The second-order valence-electron chi connectivity index (χ2n) is 4.30. The number of benzene rings is 1. The lowest BCUT2D eigenvalue weighted by Gasteiger charge is -2.11. The second kappa shape index (κ2) is 4.59. The van der Waals surface area contributed by atoms with Crippen molar-refractivity contribution < 1.29 is 0 Å². The van der Waals surface area contributed by atoms with Crippen LogP contribution in [-0.4, -0.2) is 16.1 Å². The van der Waals surface area contributed by atoms with Gasteiger partial charge in [0.1, 0.15) is 0 Å². The van der Waals surface area contributed by atoms with Crippen LogP contribution in [-0.2, 0) is 0 Å². The van der Waals surface area contributed by atoms with Crippen molar-refractivity contribution in [2.45, 2.75) is 19.8 Å². The highest BCUT2D eigenvalue weighted by Gasteiger charge is 2.08. The van der Waals surface area contributed by atoms with E-state index >= 15 is 0 Å². The normalized spacial score (nSPS) is 12.6. The molecule has 1 atom stereocenters. The highest BCUT2D eigenvalue weighted by molar-refractivity contribution is 5.38. The predicted molar refractivity (Wildman–Crippen MR) is 68.6 cm³/mol. The fourth-order valence-electron chi connectivity index (χ4n) is 1.88. The molecule has 1 heterocycles. The summed E-state index contributed by atoms with van der Waals surface area (Å²) in [5.41, 5.74) is 8.47. The second-order valence-corrected chi connectivity index (χ2v) is 4.30. The summed E-state index contributed by atoms with van der Waals surface area (Å²) in [6.45, 7) is 4.58. The number of nitrogens with one attached hydrogen (secondary N) is 1. The van der Waals surface area contributed by atoms with Gasteiger partial charge in [0.05, 0.1) is 5.69 Å². The molecule has 3 N–H and O–H groups in total. The van der Waals surface area contributed by atoms with E-state index in [4.69, 9.17) is 5.73 Å². The number of aromatic nitrogens is 2. The molecule has 0 spiro atoms. The van der Waals surface area contributed by atoms with Gasteiger partial charge >= 0.3 is 5.69 Å². The van der Waals surface area contributed by atoms with Crippen molar-refractivity contribution in [1.82, 2.24) is 9.55 Å². The predicted octanol–water partition coefficient (Wildman–Crippen LogP) is 1.54. The molecule has 4 nitrogen and oxygen atoms in total. The minimum Gasteiger partial charge on any atom is -0.330 e. The van der Waals surface area contributed by atoms with Gasteiger partial charge in [-0.15, -0.1) is 0 Å². The molecule has 2 aromatic rings. The smallest absolute Gasteiger partial charge is 0.330 e. The minimum absolute atomic E-state index is 0.111. The van der Waals surface area contributed by atoms with Crippen LogP contribution in [0.4, 0.5) is 0 Å². The van der Waals surface area contributed by atoms with Gasteiger partial charge in [0.15, 0.2) is 0 Å². The fraction of sp³-hybridized carbons (Fsp3) is 0.308. The van der Waals surface area contributed by atoms with E-state index in [-0.39, 0.29) is 5.69 Å². The van der Waals surface area contributed by atoms with Crippen molar-refractivity contribution in [1.29, 1.82) is 0 Å². The molecule has 1 unspecified atom stereocenters. The highest BCUT2D eigenvalue weighted by Crippen LogP contribution is 2.17. The Bertz CT molecular complexity index is 568. The van der Waals surface area contributed by atoms with E-state index in [2.05, 4.69) is 11.9 Å². The maximum Gasteiger partial charge on any atom is 0.330 e. The summed E-state index contributed by atoms with van der Waals surface area (Å²) < 4.78 is 1.66. The summed E-state index contributed by atoms with van der Waals surface area (Å²) in [7, 11) is 0. The van der Waals surface area contributed by atoms with E-state index in [0.717, 1.165) is 16.9 Å². The van der Waals surface area contributed by atoms with Crippen molar-refractivity contribution in [3.8, 4) is 5.69 Å². The maximum absolute atomic E-state index is 11.7. The first-order valence-electron chi connectivity index (χ1n) is 5.71. The number of nitrogens with two attached hydrogens (primary N) is 1. The molecule has 0 aliphatic carbocycles. The number of hydrogen-bond acceptors (Lipinski definition) is 2. The third-order valence-corrected chi connectivity index (χ3v) is 3.01. The van der Waals surface area contributed by atoms with Crippen molar-refractivity contribution in [3.05, 3.63) is 52.2 Å². The first-order chi connectivity index (χ1) is 8.13. The van der Waals surface area contributed by atoms with Gasteiger partial charge in [0, 0.05) is 11.9 Å². The van der Waals surface area contributed by atoms with Crippen molar-refractivity contribution in [2.75, 3.05) is 6.54 Å². The van der Waals surface area contributed by atoms with Gasteiger partial charge in [-0.25, -0.2) is 4.79 Å². The molecule has 2 rings (SSSR count). The van der Waals surface area contributed by atoms with Crippen molar-refractivity contribution in [2.24, 2.45) is 5.73 Å². The largest absolute Gasteiger partial charge is 0.330 e. The lowest BCUT2D eigenvalue weighted by Crippen LogP contribution is -2.16. The molecule has 0 aliphatic rings. The van der Waals surface area contributed by atoms with Gasteiger partial charge in [-0.3, -0.25) is 4.57 Å². The molecule has 17 heavy (non-hydrogen) atoms. The molecule has 1 aromatic carbocycles. The molecule has 0 amide bonds. The SMILES string of the molecule is Cc1c[nH]c(=O)n1-c1cccc(C(C)CN)c1. The van der Waals surface area contributed by atoms with E-state index in [1.807, 2.05) is 31.2 Å². The molecule has 0 saturated carbocycles. The molecule has 0 saturated heterocycles. The Kier molecular flexibility index (Phi) is 3.15. The zero-order valence-electron chi connectivity index (χ0n) is 10.1. The van der Waals surface area contributed by atoms with Gasteiger partial charge in [0.2, 0.25) is 0 Å². The number of rotatable bonds is 3. The quantitative estimate of drug-likeness (QED) is 0.841. The first-order valence-corrected chi connectivity index (χ1v) is 5.71. The fourth-order valence-corrected chi connectivity index (χ4v) is 1.88. The molecule has 90 valence electrons. The lowest BCUT2D eigenvalue weighted by atomic mass is 10.0. The topological polar surface area (TPSA) is 63.8 Å². The van der Waals surface area contributed by atoms with Crippen LogP contribution in [0.1, 0.15) is 24.1 Å². The summed E-state index contributed by atoms with van der Waals surface area (Å²) in [6, 6.07) is 7.93. The van der Waals surface area contributed by atoms with Crippen LogP contribution in [0.5, 0.6) is 0 Å². The average molecular weight is 231 g/mol. The third-order valence-electron chi connectivity index (χ3n) is 3.01. The van der Waals surface area contributed by atoms with Gasteiger partial charge in [-0.05, 0) is 37.1 Å². The Morgan fingerprint density at radius 1 is 1.47 bits per heavy atom. The number of aromatic amines is 1. The third kappa shape index (κ3) is 2.17. The molecule has 0 bridgehead atoms. The van der Waals surface area contributed by atoms with E-state index in [1.165, 1.54) is 0 Å². The molecule has 0 radical (unpaired) electrons. The van der Waals surface area contributed by atoms with Crippen LogP contribution < -0.4 is 11.4 Å². The lowest BCUT2D eigenvalue weighted by molar-refractivity contribution is 0.772. The van der Waals surface area contributed by atoms with Crippen LogP contribution in [0.3, 0.4) is 0 Å². The Labute approximate surface area is 100 Å². The van der Waals surface area contributed by atoms with Crippen molar-refractivity contribution in [3.63, 3.8) is 0 Å². The standard InChI is InChI=1S/C13H17N3O/c1-9(7-14)11-4-3-5-12(6-11)16-10(2)8-15-13(16)17/h3-6,8-9H,7,14H2,1-2H3,(H,15,17). The Morgan fingerprint density at radius 3 is 2.82 bits per heavy atom. The Hall–Kier alpha value is -1.81. The molecular weight excluding hydrogens is 214 g/mol. The van der Waals surface area contributed by atoms with E-state index < -0.39 is 0 Å². The number of H-pyrrole nitrogens is 1. The average Bonchev–Trinajstić information content (AvgIpc) is 2.68. The van der Waals surface area contributed by atoms with Gasteiger partial charge in [0.25, 0.3) is 0 Å². The summed E-state index contributed by atoms with van der Waals surface area (Å²) in [5.74, 6) is 0.296. The molecule has 1 aromatic heterocycles. The highest BCUT2D eigenvalue weighted by atomic mass is 16.1. The number of hydrogen-bond donors (Lipinski definition) is 2. The zero-order valence-corrected chi connectivity index (χ0v) is 10.1. The first kappa shape index (κ1) is 11.7. The molecule has 0 fully saturated rings. The van der Waals surface area contributed by atoms with Gasteiger partial charge < -0.3 is 10.7 Å². The van der Waals surface area contributed by atoms with E-state index in [0.29, 0.717) is 12.5 Å². The van der Waals surface area contributed by atoms with E-state index in [9.17, 15) is 4.79 Å². The summed E-state index contributed by atoms with van der Waals surface area (Å²) in [4.78, 5) is 14.4. The van der Waals surface area contributed by atoms with Gasteiger partial charge in [-0.2, -0.15) is 0 Å². The van der Waals surface area contributed by atoms with Crippen LogP contribution in [0, 0.1) is 6.92 Å². The molecular formula is C13H17N3O. The van der Waals surface area contributed by atoms with Gasteiger partial charge in [-0.1, -0.05) is 19.1 Å². The Balaban J connectivity index is 2.50. The van der Waals surface area contributed by atoms with Crippen LogP contribution >= 0.6 is 0 Å². The minimum atomic E-state index is -0.111. The summed E-state index contributed by atoms with van der Waals surface area (Å²) in [5, 5.41) is 0. The molecule has 0 aliphatic heterocycles. The zero-order chi connectivity index (χ0) is 12.4. The van der Waals surface area contributed by atoms with Crippen LogP contribution in [0.25, 0.3) is 5.69 Å². The van der Waals surface area contributed by atoms with Crippen LogP contribution in [0.2, 0.25) is 0 Å². The van der Waals surface area contributed by atoms with E-state index in [1.54, 1.807) is 10.8 Å². The number of imidazole rings is 1. The number of nitrogens with zero attached hydrogens (tertiary/aromatic N) is 1. The number of aryl methyl sites for hydroxylation is 1. The van der Waals surface area contributed by atoms with Crippen LogP contribution in [0.15, 0.2) is 35.3 Å². The Morgan fingerprint density at radius 2 is 2.24 bits per heavy atom. The maximum atomic E-state index is 11.7. The summed E-state index contributed by atoms with van der Waals surface area (Å²) >= 11 is 0. The monoisotopic (exact) mass is 231 g/mol. The van der Waals surface area contributed by atoms with Crippen molar-refractivity contribution >= 4 is 0 Å². The molecule has 4 heteroatoms. The summed E-state index contributed by atoms with van der Waals surface area (Å²) in [6.07, 6.45) is 1.71.